The molecule has 1 saturated carbocycles. The topological polar surface area (TPSA) is 113 Å². The minimum Gasteiger partial charge on any atom is -0.481 e. The third-order valence-corrected chi connectivity index (χ3v) is 6.67. The van der Waals surface area contributed by atoms with Crippen molar-refractivity contribution < 1.29 is 19.4 Å². The Morgan fingerprint density at radius 1 is 1.22 bits per heavy atom. The number of hydrogen-bond donors (Lipinski definition) is 2. The first-order valence-corrected chi connectivity index (χ1v) is 11.0. The molecule has 1 aliphatic carbocycles. The number of carboxylic acid groups (broad SMARTS) is 1. The van der Waals surface area contributed by atoms with Crippen molar-refractivity contribution in [2.24, 2.45) is 5.41 Å². The van der Waals surface area contributed by atoms with E-state index < -0.39 is 11.4 Å². The van der Waals surface area contributed by atoms with Gasteiger partial charge >= 0.3 is 5.97 Å². The number of aromatic amines is 1. The molecule has 32 heavy (non-hydrogen) atoms. The predicted molar refractivity (Wildman–Crippen MR) is 119 cm³/mol. The number of carbonyl (C=O) groups is 1. The lowest BCUT2D eigenvalue weighted by Crippen LogP contribution is -2.44. The quantitative estimate of drug-likeness (QED) is 0.579. The van der Waals surface area contributed by atoms with Gasteiger partial charge in [-0.3, -0.25) is 4.79 Å². The molecule has 3 aromatic heterocycles. The molecule has 9 heteroatoms. The minimum absolute atomic E-state index is 0.113. The van der Waals surface area contributed by atoms with Crippen LogP contribution in [0.3, 0.4) is 0 Å². The number of hydrogen-bond acceptors (Lipinski definition) is 7. The van der Waals surface area contributed by atoms with Gasteiger partial charge in [0.15, 0.2) is 5.65 Å². The van der Waals surface area contributed by atoms with Crippen molar-refractivity contribution in [2.45, 2.75) is 38.2 Å². The molecule has 0 bridgehead atoms. The van der Waals surface area contributed by atoms with Gasteiger partial charge in [-0.15, -0.1) is 0 Å². The van der Waals surface area contributed by atoms with Crippen LogP contribution in [0.2, 0.25) is 0 Å². The van der Waals surface area contributed by atoms with Gasteiger partial charge in [0.2, 0.25) is 5.88 Å². The van der Waals surface area contributed by atoms with Gasteiger partial charge in [0.1, 0.15) is 17.2 Å². The van der Waals surface area contributed by atoms with Crippen molar-refractivity contribution in [3.05, 3.63) is 30.5 Å². The summed E-state index contributed by atoms with van der Waals surface area (Å²) in [5.41, 5.74) is 1.70. The number of methoxy groups -OCH3 is 1. The number of rotatable bonds is 7. The van der Waals surface area contributed by atoms with Gasteiger partial charge in [0.05, 0.1) is 25.2 Å². The third kappa shape index (κ3) is 3.88. The van der Waals surface area contributed by atoms with Crippen LogP contribution >= 0.6 is 0 Å². The normalized spacial score (nSPS) is 18.5. The van der Waals surface area contributed by atoms with E-state index >= 15 is 0 Å². The Kier molecular flexibility index (Phi) is 5.42. The van der Waals surface area contributed by atoms with E-state index in [1.807, 2.05) is 24.4 Å². The van der Waals surface area contributed by atoms with E-state index in [1.54, 1.807) is 13.2 Å². The molecule has 168 valence electrons. The SMILES string of the molecule is COc1ccc2nc(-c3ccc(N4CCC(OCC5(C(=O)O)CCC5)CC4)nc3)[nH]c2n1. The molecule has 0 atom stereocenters. The molecule has 5 rings (SSSR count). The Hall–Kier alpha value is -3.20. The number of nitrogens with zero attached hydrogens (tertiary/aromatic N) is 4. The van der Waals surface area contributed by atoms with E-state index in [-0.39, 0.29) is 6.10 Å². The van der Waals surface area contributed by atoms with Gasteiger partial charge in [-0.05, 0) is 43.9 Å². The van der Waals surface area contributed by atoms with Crippen LogP contribution in [0.5, 0.6) is 5.88 Å². The summed E-state index contributed by atoms with van der Waals surface area (Å²) < 4.78 is 11.2. The molecular formula is C23H27N5O4. The molecule has 4 heterocycles. The van der Waals surface area contributed by atoms with Crippen LogP contribution in [0, 0.1) is 5.41 Å². The monoisotopic (exact) mass is 437 g/mol. The Morgan fingerprint density at radius 3 is 2.66 bits per heavy atom. The smallest absolute Gasteiger partial charge is 0.311 e. The van der Waals surface area contributed by atoms with Crippen molar-refractivity contribution in [3.8, 4) is 17.3 Å². The zero-order valence-electron chi connectivity index (χ0n) is 18.1. The van der Waals surface area contributed by atoms with E-state index in [9.17, 15) is 9.90 Å². The van der Waals surface area contributed by atoms with Crippen LogP contribution in [-0.2, 0) is 9.53 Å². The highest BCUT2D eigenvalue weighted by Crippen LogP contribution is 2.42. The summed E-state index contributed by atoms with van der Waals surface area (Å²) in [5, 5.41) is 9.46. The molecule has 0 unspecified atom stereocenters. The first-order chi connectivity index (χ1) is 15.6. The van der Waals surface area contributed by atoms with Gasteiger partial charge in [-0.2, -0.15) is 4.98 Å². The zero-order valence-corrected chi connectivity index (χ0v) is 18.1. The number of aliphatic carboxylic acids is 1. The molecule has 3 aromatic rings. The fourth-order valence-corrected chi connectivity index (χ4v) is 4.39. The first-order valence-electron chi connectivity index (χ1n) is 11.0. The lowest BCUT2D eigenvalue weighted by atomic mass is 9.69. The summed E-state index contributed by atoms with van der Waals surface area (Å²) in [6.07, 6.45) is 6.11. The Balaban J connectivity index is 1.19. The molecular weight excluding hydrogens is 410 g/mol. The average Bonchev–Trinajstić information content (AvgIpc) is 3.22. The van der Waals surface area contributed by atoms with E-state index in [0.717, 1.165) is 67.9 Å². The van der Waals surface area contributed by atoms with Gasteiger partial charge in [0.25, 0.3) is 0 Å². The highest BCUT2D eigenvalue weighted by molar-refractivity contribution is 5.76. The van der Waals surface area contributed by atoms with Gasteiger partial charge in [-0.1, -0.05) is 6.42 Å². The predicted octanol–water partition coefficient (Wildman–Crippen LogP) is 3.27. The van der Waals surface area contributed by atoms with Gasteiger partial charge in [0, 0.05) is 30.9 Å². The number of aromatic nitrogens is 4. The van der Waals surface area contributed by atoms with Crippen LogP contribution in [0.4, 0.5) is 5.82 Å². The molecule has 0 amide bonds. The highest BCUT2D eigenvalue weighted by atomic mass is 16.5. The molecule has 2 aliphatic rings. The van der Waals surface area contributed by atoms with Gasteiger partial charge in [-0.25, -0.2) is 9.97 Å². The number of piperidine rings is 1. The summed E-state index contributed by atoms with van der Waals surface area (Å²) >= 11 is 0. The fraction of sp³-hybridized carbons (Fsp3) is 0.478. The van der Waals surface area contributed by atoms with Crippen LogP contribution in [0.25, 0.3) is 22.6 Å². The first kappa shape index (κ1) is 20.7. The van der Waals surface area contributed by atoms with E-state index in [4.69, 9.17) is 9.47 Å². The lowest BCUT2D eigenvalue weighted by molar-refractivity contribution is -0.162. The molecule has 2 fully saturated rings. The molecule has 1 aliphatic heterocycles. The molecule has 0 radical (unpaired) electrons. The zero-order chi connectivity index (χ0) is 22.1. The second-order valence-corrected chi connectivity index (χ2v) is 8.65. The number of fused-ring (bicyclic) bond motifs is 1. The van der Waals surface area contributed by atoms with Crippen LogP contribution in [0.1, 0.15) is 32.1 Å². The van der Waals surface area contributed by atoms with Crippen molar-refractivity contribution in [3.63, 3.8) is 0 Å². The van der Waals surface area contributed by atoms with Crippen LogP contribution < -0.4 is 9.64 Å². The number of nitrogens with one attached hydrogen (secondary N) is 1. The maximum absolute atomic E-state index is 11.5. The number of anilines is 1. The summed E-state index contributed by atoms with van der Waals surface area (Å²) in [5.74, 6) is 1.46. The minimum atomic E-state index is -0.718. The van der Waals surface area contributed by atoms with Crippen molar-refractivity contribution in [1.29, 1.82) is 0 Å². The van der Waals surface area contributed by atoms with Crippen molar-refractivity contribution in [1.82, 2.24) is 19.9 Å². The highest BCUT2D eigenvalue weighted by Gasteiger charge is 2.45. The largest absolute Gasteiger partial charge is 0.481 e. The number of H-pyrrole nitrogens is 1. The summed E-state index contributed by atoms with van der Waals surface area (Å²) in [7, 11) is 1.59. The number of pyridine rings is 2. The van der Waals surface area contributed by atoms with Crippen LogP contribution in [0.15, 0.2) is 30.5 Å². The molecule has 1 saturated heterocycles. The van der Waals surface area contributed by atoms with Crippen molar-refractivity contribution in [2.75, 3.05) is 31.7 Å². The second kappa shape index (κ2) is 8.38. The molecule has 2 N–H and O–H groups in total. The second-order valence-electron chi connectivity index (χ2n) is 8.65. The number of imidazole rings is 1. The van der Waals surface area contributed by atoms with E-state index in [1.165, 1.54) is 0 Å². The number of carboxylic acids is 1. The van der Waals surface area contributed by atoms with E-state index in [2.05, 4.69) is 24.8 Å². The molecule has 9 nitrogen and oxygen atoms in total. The molecule has 0 aromatic carbocycles. The van der Waals surface area contributed by atoms with Crippen molar-refractivity contribution >= 4 is 23.0 Å². The van der Waals surface area contributed by atoms with Gasteiger partial charge < -0.3 is 24.5 Å². The summed E-state index contributed by atoms with van der Waals surface area (Å²) in [6, 6.07) is 7.67. The Morgan fingerprint density at radius 2 is 2.03 bits per heavy atom. The fourth-order valence-electron chi connectivity index (χ4n) is 4.39. The molecule has 0 spiro atoms. The number of ether oxygens (including phenoxy) is 2. The summed E-state index contributed by atoms with van der Waals surface area (Å²) in [4.78, 5) is 30.6. The van der Waals surface area contributed by atoms with E-state index in [0.29, 0.717) is 18.1 Å². The average molecular weight is 438 g/mol. The Bertz CT molecular complexity index is 1100. The third-order valence-electron chi connectivity index (χ3n) is 6.67. The lowest BCUT2D eigenvalue weighted by Gasteiger charge is -2.39. The summed E-state index contributed by atoms with van der Waals surface area (Å²) in [6.45, 7) is 2.01. The standard InChI is InChI=1S/C23H27N5O4/c1-31-19-6-4-17-21(26-19)27-20(25-17)15-3-5-18(24-13-15)28-11-7-16(8-12-28)32-14-23(22(29)30)9-2-10-23/h3-6,13,16H,2,7-12,14H2,1H3,(H,29,30)(H,25,26,27). The Labute approximate surface area is 185 Å². The maximum atomic E-state index is 11.5. The maximum Gasteiger partial charge on any atom is 0.311 e. The van der Waals surface area contributed by atoms with Crippen LogP contribution in [-0.4, -0.2) is 63.9 Å².